The van der Waals surface area contributed by atoms with E-state index < -0.39 is 0 Å². The molecule has 0 N–H and O–H groups in total. The predicted octanol–water partition coefficient (Wildman–Crippen LogP) is 4.55. The van der Waals surface area contributed by atoms with Crippen LogP contribution in [0, 0.1) is 24.0 Å². The summed E-state index contributed by atoms with van der Waals surface area (Å²) in [4.78, 5) is 10.5. The number of nitrogens with zero attached hydrogens (tertiary/aromatic N) is 1. The Labute approximate surface area is 125 Å². The lowest BCUT2D eigenvalue weighted by Crippen LogP contribution is -2.00. The second-order valence-corrected chi connectivity index (χ2v) is 5.40. The second kappa shape index (κ2) is 6.05. The molecule has 0 unspecified atom stereocenters. The van der Waals surface area contributed by atoms with E-state index in [0.29, 0.717) is 17.9 Å². The van der Waals surface area contributed by atoms with Gasteiger partial charge < -0.3 is 4.74 Å². The fourth-order valence-corrected chi connectivity index (χ4v) is 2.30. The summed E-state index contributed by atoms with van der Waals surface area (Å²) in [7, 11) is 0. The van der Waals surface area contributed by atoms with Crippen molar-refractivity contribution in [2.75, 3.05) is 0 Å². The maximum Gasteiger partial charge on any atom is 0.272 e. The van der Waals surface area contributed by atoms with Crippen LogP contribution in [0.3, 0.4) is 0 Å². The van der Waals surface area contributed by atoms with Crippen LogP contribution in [0.4, 0.5) is 5.69 Å². The largest absolute Gasteiger partial charge is 0.489 e. The Bertz CT molecular complexity index is 656. The van der Waals surface area contributed by atoms with Crippen molar-refractivity contribution in [1.29, 1.82) is 0 Å². The Balaban J connectivity index is 2.21. The van der Waals surface area contributed by atoms with E-state index in [1.807, 2.05) is 31.2 Å². The molecule has 0 saturated heterocycles. The first-order valence-electron chi connectivity index (χ1n) is 6.11. The molecule has 2 aromatic carbocycles. The van der Waals surface area contributed by atoms with Gasteiger partial charge in [-0.3, -0.25) is 10.1 Å². The van der Waals surface area contributed by atoms with Crippen LogP contribution < -0.4 is 4.74 Å². The van der Waals surface area contributed by atoms with Gasteiger partial charge in [-0.2, -0.15) is 0 Å². The molecule has 0 bridgehead atoms. The number of nitro benzene ring substituents is 1. The SMILES string of the molecule is Cc1cc([N+](=O)[O-])c(C)cc1OCc1ccccc1Br. The van der Waals surface area contributed by atoms with Crippen LogP contribution in [-0.2, 0) is 6.61 Å². The second-order valence-electron chi connectivity index (χ2n) is 4.54. The highest BCUT2D eigenvalue weighted by Gasteiger charge is 2.14. The third-order valence-electron chi connectivity index (χ3n) is 3.03. The van der Waals surface area contributed by atoms with Crippen LogP contribution in [0.1, 0.15) is 16.7 Å². The summed E-state index contributed by atoms with van der Waals surface area (Å²) < 4.78 is 6.75. The van der Waals surface area contributed by atoms with E-state index >= 15 is 0 Å². The number of hydrogen-bond donors (Lipinski definition) is 0. The highest BCUT2D eigenvalue weighted by atomic mass is 79.9. The first-order valence-corrected chi connectivity index (χ1v) is 6.90. The average Bonchev–Trinajstić information content (AvgIpc) is 2.40. The number of hydrogen-bond acceptors (Lipinski definition) is 3. The van der Waals surface area contributed by atoms with E-state index in [9.17, 15) is 10.1 Å². The molecule has 104 valence electrons. The molecule has 0 aromatic heterocycles. The minimum absolute atomic E-state index is 0.121. The molecular weight excluding hydrogens is 322 g/mol. The molecule has 20 heavy (non-hydrogen) atoms. The van der Waals surface area contributed by atoms with Gasteiger partial charge >= 0.3 is 0 Å². The number of ether oxygens (including phenoxy) is 1. The van der Waals surface area contributed by atoms with Crippen molar-refractivity contribution < 1.29 is 9.66 Å². The van der Waals surface area contributed by atoms with E-state index in [1.54, 1.807) is 19.1 Å². The lowest BCUT2D eigenvalue weighted by Gasteiger charge is -2.11. The van der Waals surface area contributed by atoms with Crippen molar-refractivity contribution in [1.82, 2.24) is 0 Å². The summed E-state index contributed by atoms with van der Waals surface area (Å²) in [6.45, 7) is 3.93. The molecule has 0 amide bonds. The van der Waals surface area contributed by atoms with Crippen LogP contribution in [0.2, 0.25) is 0 Å². The van der Waals surface area contributed by atoms with Gasteiger partial charge in [-0.15, -0.1) is 0 Å². The van der Waals surface area contributed by atoms with Crippen LogP contribution in [0.25, 0.3) is 0 Å². The Morgan fingerprint density at radius 3 is 2.55 bits per heavy atom. The number of halogens is 1. The van der Waals surface area contributed by atoms with Gasteiger partial charge in [0.2, 0.25) is 0 Å². The van der Waals surface area contributed by atoms with E-state index in [4.69, 9.17) is 4.74 Å². The van der Waals surface area contributed by atoms with Crippen LogP contribution in [0.15, 0.2) is 40.9 Å². The van der Waals surface area contributed by atoms with Crippen LogP contribution >= 0.6 is 15.9 Å². The van der Waals surface area contributed by atoms with Crippen molar-refractivity contribution >= 4 is 21.6 Å². The van der Waals surface area contributed by atoms with Crippen LogP contribution in [0.5, 0.6) is 5.75 Å². The minimum Gasteiger partial charge on any atom is -0.489 e. The number of nitro groups is 1. The first-order chi connectivity index (χ1) is 9.49. The van der Waals surface area contributed by atoms with Crippen molar-refractivity contribution in [3.63, 3.8) is 0 Å². The zero-order valence-corrected chi connectivity index (χ0v) is 12.8. The monoisotopic (exact) mass is 335 g/mol. The molecule has 0 atom stereocenters. The fourth-order valence-electron chi connectivity index (χ4n) is 1.90. The van der Waals surface area contributed by atoms with Crippen molar-refractivity contribution in [2.24, 2.45) is 0 Å². The Morgan fingerprint density at radius 1 is 1.20 bits per heavy atom. The van der Waals surface area contributed by atoms with Gasteiger partial charge in [0.15, 0.2) is 0 Å². The number of aryl methyl sites for hydroxylation is 2. The Hall–Kier alpha value is -1.88. The predicted molar refractivity (Wildman–Crippen MR) is 81.0 cm³/mol. The highest BCUT2D eigenvalue weighted by Crippen LogP contribution is 2.28. The van der Waals surface area contributed by atoms with Crippen molar-refractivity contribution in [3.05, 3.63) is 67.7 Å². The van der Waals surface area contributed by atoms with Gasteiger partial charge in [0.1, 0.15) is 12.4 Å². The van der Waals surface area contributed by atoms with Crippen molar-refractivity contribution in [3.8, 4) is 5.75 Å². The third kappa shape index (κ3) is 3.17. The van der Waals surface area contributed by atoms with Gasteiger partial charge in [0.25, 0.3) is 5.69 Å². The molecule has 0 radical (unpaired) electrons. The van der Waals surface area contributed by atoms with E-state index in [1.165, 1.54) is 0 Å². The summed E-state index contributed by atoms with van der Waals surface area (Å²) in [6.07, 6.45) is 0. The van der Waals surface area contributed by atoms with Gasteiger partial charge in [-0.05, 0) is 31.5 Å². The fraction of sp³-hybridized carbons (Fsp3) is 0.200. The smallest absolute Gasteiger partial charge is 0.272 e. The van der Waals surface area contributed by atoms with E-state index in [-0.39, 0.29) is 10.6 Å². The quantitative estimate of drug-likeness (QED) is 0.608. The summed E-state index contributed by atoms with van der Waals surface area (Å²) in [5.74, 6) is 0.670. The summed E-state index contributed by atoms with van der Waals surface area (Å²) >= 11 is 3.46. The Morgan fingerprint density at radius 2 is 1.90 bits per heavy atom. The molecule has 4 nitrogen and oxygen atoms in total. The lowest BCUT2D eigenvalue weighted by molar-refractivity contribution is -0.385. The lowest BCUT2D eigenvalue weighted by atomic mass is 10.1. The van der Waals surface area contributed by atoms with Gasteiger partial charge in [0, 0.05) is 21.7 Å². The highest BCUT2D eigenvalue weighted by molar-refractivity contribution is 9.10. The molecule has 0 heterocycles. The normalized spacial score (nSPS) is 10.3. The summed E-state index contributed by atoms with van der Waals surface area (Å²) in [5.41, 5.74) is 2.51. The molecule has 0 saturated carbocycles. The zero-order valence-electron chi connectivity index (χ0n) is 11.2. The molecular formula is C15H14BrNO3. The summed E-state index contributed by atoms with van der Waals surface area (Å²) in [5, 5.41) is 10.9. The first kappa shape index (κ1) is 14.5. The van der Waals surface area contributed by atoms with E-state index in [0.717, 1.165) is 15.6 Å². The van der Waals surface area contributed by atoms with Crippen LogP contribution in [-0.4, -0.2) is 4.92 Å². The average molecular weight is 336 g/mol. The molecule has 2 aromatic rings. The molecule has 0 fully saturated rings. The molecule has 0 spiro atoms. The maximum atomic E-state index is 10.9. The summed E-state index contributed by atoms with van der Waals surface area (Å²) in [6, 6.07) is 11.1. The Kier molecular flexibility index (Phi) is 4.39. The molecule has 0 aliphatic carbocycles. The molecule has 2 rings (SSSR count). The minimum atomic E-state index is -0.375. The molecule has 5 heteroatoms. The standard InChI is InChI=1S/C15H14BrNO3/c1-10-8-15(11(2)7-14(10)17(18)19)20-9-12-5-3-4-6-13(12)16/h3-8H,9H2,1-2H3. The van der Waals surface area contributed by atoms with Gasteiger partial charge in [0.05, 0.1) is 4.92 Å². The molecule has 0 aliphatic heterocycles. The zero-order chi connectivity index (χ0) is 14.7. The number of rotatable bonds is 4. The van der Waals surface area contributed by atoms with Crippen molar-refractivity contribution in [2.45, 2.75) is 20.5 Å². The third-order valence-corrected chi connectivity index (χ3v) is 3.80. The molecule has 0 aliphatic rings. The van der Waals surface area contributed by atoms with E-state index in [2.05, 4.69) is 15.9 Å². The number of benzene rings is 2. The van der Waals surface area contributed by atoms with Gasteiger partial charge in [-0.1, -0.05) is 34.1 Å². The topological polar surface area (TPSA) is 52.4 Å². The van der Waals surface area contributed by atoms with Gasteiger partial charge in [-0.25, -0.2) is 0 Å². The maximum absolute atomic E-state index is 10.9.